The van der Waals surface area contributed by atoms with Crippen LogP contribution in [0.15, 0.2) is 30.3 Å². The van der Waals surface area contributed by atoms with Gasteiger partial charge in [-0.2, -0.15) is 26.3 Å². The van der Waals surface area contributed by atoms with Gasteiger partial charge in [-0.15, -0.1) is 0 Å². The van der Waals surface area contributed by atoms with Crippen molar-refractivity contribution in [2.24, 2.45) is 0 Å². The number of benzene rings is 2. The first-order chi connectivity index (χ1) is 14.1. The minimum absolute atomic E-state index is 0.0338. The van der Waals surface area contributed by atoms with Gasteiger partial charge in [0.15, 0.2) is 0 Å². The molecule has 31 heavy (non-hydrogen) atoms. The number of Topliss-reactive ketones (excluding diaryl/α,β-unsaturated/α-hetero) is 1. The molecule has 0 fully saturated rings. The molecule has 0 saturated carbocycles. The molecule has 2 atom stereocenters. The number of hydrogen-bond acceptors (Lipinski definition) is 3. The van der Waals surface area contributed by atoms with Crippen LogP contribution in [0.5, 0.6) is 0 Å². The molecule has 2 unspecified atom stereocenters. The molecule has 0 aromatic heterocycles. The molecule has 0 saturated heterocycles. The van der Waals surface area contributed by atoms with Gasteiger partial charge in [0.05, 0.1) is 16.7 Å². The Morgan fingerprint density at radius 2 is 1.26 bits per heavy atom. The SMILES string of the molecule is Cc1cc(C)c(C(=O)[P+](=O)C(C)C(=O)c2c(C(F)(F)F)cccc2C(F)(F)F)c(C)c1. The van der Waals surface area contributed by atoms with Gasteiger partial charge in [-0.1, -0.05) is 28.3 Å². The van der Waals surface area contributed by atoms with Crippen molar-refractivity contribution >= 4 is 19.1 Å². The summed E-state index contributed by atoms with van der Waals surface area (Å²) in [7, 11) is -3.15. The summed E-state index contributed by atoms with van der Waals surface area (Å²) in [5.74, 6) is -1.66. The fourth-order valence-electron chi connectivity index (χ4n) is 3.41. The Balaban J connectivity index is 2.58. The molecule has 0 aliphatic heterocycles. The van der Waals surface area contributed by atoms with Crippen LogP contribution < -0.4 is 0 Å². The average molecular weight is 463 g/mol. The number of carbonyl (C=O) groups excluding carboxylic acids is 2. The number of aryl methyl sites for hydroxylation is 3. The van der Waals surface area contributed by atoms with Crippen molar-refractivity contribution in [2.45, 2.75) is 45.7 Å². The van der Waals surface area contributed by atoms with E-state index in [1.54, 1.807) is 32.9 Å². The third kappa shape index (κ3) is 5.03. The highest BCUT2D eigenvalue weighted by Gasteiger charge is 2.49. The number of ketones is 1. The predicted molar refractivity (Wildman–Crippen MR) is 103 cm³/mol. The van der Waals surface area contributed by atoms with Crippen LogP contribution in [0.1, 0.15) is 55.5 Å². The fourth-order valence-corrected chi connectivity index (χ4v) is 4.68. The van der Waals surface area contributed by atoms with Gasteiger partial charge in [0.1, 0.15) is 0 Å². The zero-order chi connectivity index (χ0) is 23.9. The van der Waals surface area contributed by atoms with Crippen LogP contribution in [0.2, 0.25) is 0 Å². The number of rotatable bonds is 5. The van der Waals surface area contributed by atoms with E-state index in [1.165, 1.54) is 0 Å². The smallest absolute Gasteiger partial charge is 0.289 e. The van der Waals surface area contributed by atoms with Gasteiger partial charge in [0.2, 0.25) is 11.4 Å². The van der Waals surface area contributed by atoms with Gasteiger partial charge in [-0.3, -0.25) is 4.79 Å². The van der Waals surface area contributed by atoms with Crippen LogP contribution in [-0.4, -0.2) is 17.0 Å². The molecule has 3 nitrogen and oxygen atoms in total. The van der Waals surface area contributed by atoms with Crippen molar-refractivity contribution in [3.63, 3.8) is 0 Å². The fraction of sp³-hybridized carbons (Fsp3) is 0.333. The molecule has 0 spiro atoms. The highest BCUT2D eigenvalue weighted by atomic mass is 31.1. The Hall–Kier alpha value is -2.54. The second-order valence-corrected chi connectivity index (χ2v) is 9.00. The normalized spacial score (nSPS) is 13.7. The average Bonchev–Trinajstić information content (AvgIpc) is 2.63. The lowest BCUT2D eigenvalue weighted by Crippen LogP contribution is -2.25. The number of alkyl halides is 6. The quantitative estimate of drug-likeness (QED) is 0.276. The topological polar surface area (TPSA) is 51.2 Å². The minimum atomic E-state index is -5.26. The van der Waals surface area contributed by atoms with E-state index in [0.29, 0.717) is 29.3 Å². The second-order valence-electron chi connectivity index (χ2n) is 7.17. The molecular formula is C21H18F6O3P+. The van der Waals surface area contributed by atoms with Crippen LogP contribution in [0, 0.1) is 20.8 Å². The van der Waals surface area contributed by atoms with E-state index < -0.39 is 53.8 Å². The lowest BCUT2D eigenvalue weighted by Gasteiger charge is -2.17. The zero-order valence-corrected chi connectivity index (χ0v) is 17.8. The third-order valence-electron chi connectivity index (χ3n) is 4.74. The summed E-state index contributed by atoms with van der Waals surface area (Å²) in [5, 5.41) is 0. The minimum Gasteiger partial charge on any atom is -0.289 e. The van der Waals surface area contributed by atoms with Crippen LogP contribution in [0.3, 0.4) is 0 Å². The van der Waals surface area contributed by atoms with E-state index in [2.05, 4.69) is 0 Å². The number of hydrogen-bond donors (Lipinski definition) is 0. The van der Waals surface area contributed by atoms with Gasteiger partial charge in [0.25, 0.3) is 0 Å². The Morgan fingerprint density at radius 1 is 0.839 bits per heavy atom. The van der Waals surface area contributed by atoms with Crippen molar-refractivity contribution in [1.82, 2.24) is 0 Å². The molecular weight excluding hydrogens is 445 g/mol. The maximum absolute atomic E-state index is 13.3. The summed E-state index contributed by atoms with van der Waals surface area (Å²) in [6.07, 6.45) is -10.5. The molecule has 2 aromatic rings. The maximum Gasteiger partial charge on any atom is 0.431 e. The molecule has 0 heterocycles. The molecule has 0 amide bonds. The summed E-state index contributed by atoms with van der Waals surface area (Å²) in [6.45, 7) is 5.77. The maximum atomic E-state index is 13.3. The molecule has 0 radical (unpaired) electrons. The molecule has 166 valence electrons. The van der Waals surface area contributed by atoms with Crippen molar-refractivity contribution in [3.05, 3.63) is 69.3 Å². The van der Waals surface area contributed by atoms with Crippen LogP contribution in [0.4, 0.5) is 26.3 Å². The third-order valence-corrected chi connectivity index (χ3v) is 6.31. The monoisotopic (exact) mass is 463 g/mol. The Labute approximate surface area is 175 Å². The van der Waals surface area contributed by atoms with Crippen molar-refractivity contribution in [3.8, 4) is 0 Å². The predicted octanol–water partition coefficient (Wildman–Crippen LogP) is 6.89. The van der Waals surface area contributed by atoms with Gasteiger partial charge < -0.3 is 0 Å². The van der Waals surface area contributed by atoms with Gasteiger partial charge in [0, 0.05) is 5.56 Å². The Kier molecular flexibility index (Phi) is 6.81. The molecule has 2 aromatic carbocycles. The van der Waals surface area contributed by atoms with Crippen LogP contribution in [0.25, 0.3) is 0 Å². The molecule has 0 bridgehead atoms. The van der Waals surface area contributed by atoms with Crippen molar-refractivity contribution in [2.75, 3.05) is 0 Å². The lowest BCUT2D eigenvalue weighted by molar-refractivity contribution is -0.143. The van der Waals surface area contributed by atoms with Crippen molar-refractivity contribution < 1.29 is 40.5 Å². The van der Waals surface area contributed by atoms with E-state index in [4.69, 9.17) is 0 Å². The number of halogens is 6. The highest BCUT2D eigenvalue weighted by Crippen LogP contribution is 2.43. The number of carbonyl (C=O) groups is 2. The lowest BCUT2D eigenvalue weighted by atomic mass is 9.95. The Morgan fingerprint density at radius 3 is 1.65 bits per heavy atom. The molecule has 0 aliphatic carbocycles. The van der Waals surface area contributed by atoms with E-state index in [-0.39, 0.29) is 5.56 Å². The first-order valence-electron chi connectivity index (χ1n) is 8.97. The molecule has 2 rings (SSSR count). The van der Waals surface area contributed by atoms with Gasteiger partial charge >= 0.3 is 25.7 Å². The van der Waals surface area contributed by atoms with E-state index in [0.717, 1.165) is 12.5 Å². The molecule has 0 N–H and O–H groups in total. The Bertz CT molecular complexity index is 1010. The first-order valence-corrected chi connectivity index (χ1v) is 10.3. The summed E-state index contributed by atoms with van der Waals surface area (Å²) in [6, 6.07) is 4.47. The summed E-state index contributed by atoms with van der Waals surface area (Å²) in [4.78, 5) is 25.5. The van der Waals surface area contributed by atoms with E-state index in [1.807, 2.05) is 0 Å². The van der Waals surface area contributed by atoms with Gasteiger partial charge in [-0.05, 0) is 51.0 Å². The van der Waals surface area contributed by atoms with E-state index >= 15 is 0 Å². The van der Waals surface area contributed by atoms with Gasteiger partial charge in [-0.25, -0.2) is 4.79 Å². The van der Waals surface area contributed by atoms with Crippen molar-refractivity contribution in [1.29, 1.82) is 0 Å². The summed E-state index contributed by atoms with van der Waals surface area (Å²) < 4.78 is 92.9. The summed E-state index contributed by atoms with van der Waals surface area (Å²) >= 11 is 0. The molecule has 10 heteroatoms. The van der Waals surface area contributed by atoms with Crippen LogP contribution in [-0.2, 0) is 16.9 Å². The first kappa shape index (κ1) is 24.7. The highest BCUT2D eigenvalue weighted by molar-refractivity contribution is 7.66. The largest absolute Gasteiger partial charge is 0.431 e. The van der Waals surface area contributed by atoms with E-state index in [9.17, 15) is 40.5 Å². The molecule has 0 aliphatic rings. The summed E-state index contributed by atoms with van der Waals surface area (Å²) in [5.41, 5.74) is -6.39. The van der Waals surface area contributed by atoms with Crippen LogP contribution >= 0.6 is 7.80 Å². The zero-order valence-electron chi connectivity index (χ0n) is 16.9. The second kappa shape index (κ2) is 8.54. The standard InChI is InChI=1S/C21H18F6O3P/c1-10-8-11(2)16(12(3)9-10)19(29)31(30)13(4)18(28)17-14(20(22,23)24)6-5-7-15(17)21(25,26)27/h5-9,13H,1-4H3/q+1.